The lowest BCUT2D eigenvalue weighted by molar-refractivity contribution is -0.143. The van der Waals surface area contributed by atoms with Crippen molar-refractivity contribution in [3.05, 3.63) is 106 Å². The van der Waals surface area contributed by atoms with E-state index in [0.717, 1.165) is 4.90 Å². The zero-order valence-electron chi connectivity index (χ0n) is 22.2. The molecule has 43 heavy (non-hydrogen) atoms. The Bertz CT molecular complexity index is 1480. The summed E-state index contributed by atoms with van der Waals surface area (Å²) >= 11 is 0. The van der Waals surface area contributed by atoms with Gasteiger partial charge in [-0.05, 0) is 53.4 Å². The minimum absolute atomic E-state index is 0.00665. The van der Waals surface area contributed by atoms with Gasteiger partial charge in [-0.3, -0.25) is 9.59 Å². The quantitative estimate of drug-likeness (QED) is 0.308. The first-order valence-corrected chi connectivity index (χ1v) is 12.6. The highest BCUT2D eigenvalue weighted by atomic mass is 19.4. The molecule has 0 aromatic heterocycles. The normalized spacial score (nSPS) is 19.3. The van der Waals surface area contributed by atoms with Crippen LogP contribution in [-0.4, -0.2) is 34.5 Å². The Morgan fingerprint density at radius 3 is 1.93 bits per heavy atom. The molecule has 14 heteroatoms. The van der Waals surface area contributed by atoms with Crippen molar-refractivity contribution in [2.75, 3.05) is 6.54 Å². The van der Waals surface area contributed by atoms with Crippen LogP contribution in [0.4, 0.5) is 39.5 Å². The van der Waals surface area contributed by atoms with Crippen LogP contribution in [0.15, 0.2) is 66.7 Å². The molecule has 230 valence electrons. The minimum atomic E-state index is -5.18. The number of nitrogens with one attached hydrogen (secondary N) is 1. The maximum atomic E-state index is 13.8. The molecule has 1 heterocycles. The third-order valence-electron chi connectivity index (χ3n) is 7.24. The predicted molar refractivity (Wildman–Crippen MR) is 134 cm³/mol. The van der Waals surface area contributed by atoms with Crippen LogP contribution >= 0.6 is 0 Å². The number of halogens is 9. The van der Waals surface area contributed by atoms with Crippen molar-refractivity contribution in [2.24, 2.45) is 0 Å². The largest absolute Gasteiger partial charge is 0.416 e. The van der Waals surface area contributed by atoms with Crippen molar-refractivity contribution in [1.29, 1.82) is 0 Å². The van der Waals surface area contributed by atoms with Crippen molar-refractivity contribution in [3.8, 4) is 0 Å². The number of rotatable bonds is 6. The maximum Gasteiger partial charge on any atom is 0.416 e. The van der Waals surface area contributed by atoms with E-state index in [1.807, 2.05) is 5.32 Å². The van der Waals surface area contributed by atoms with Gasteiger partial charge in [0.2, 0.25) is 5.91 Å². The standard InChI is InChI=1S/C29H23F9N2O3/c1-26(25(43)39-15-27(30,31)32)22-5-3-2-4-21(22)24(42)40(23(26)18-8-6-16(14-41)7-9-18)13-17-10-19(28(33,34)35)12-20(11-17)29(36,37)38/h2-12,23,41H,13-15H2,1H3,(H,39,43)/t23-,26-/m0/s1. The zero-order valence-corrected chi connectivity index (χ0v) is 22.2. The fraction of sp³-hybridized carbons (Fsp3) is 0.310. The zero-order chi connectivity index (χ0) is 32.0. The monoisotopic (exact) mass is 618 g/mol. The second-order valence-electron chi connectivity index (χ2n) is 10.2. The van der Waals surface area contributed by atoms with Crippen LogP contribution in [0, 0.1) is 0 Å². The Labute approximate surface area is 238 Å². The smallest absolute Gasteiger partial charge is 0.392 e. The van der Waals surface area contributed by atoms with Gasteiger partial charge in [0.15, 0.2) is 0 Å². The predicted octanol–water partition coefficient (Wildman–Crippen LogP) is 6.55. The number of nitrogens with zero attached hydrogens (tertiary/aromatic N) is 1. The van der Waals surface area contributed by atoms with Crippen LogP contribution in [0.1, 0.15) is 56.7 Å². The SMILES string of the molecule is C[C@]1(C(=O)NCC(F)(F)F)c2ccccc2C(=O)N(Cc2cc(C(F)(F)F)cc(C(F)(F)F)c2)[C@H]1c1ccc(CO)cc1. The summed E-state index contributed by atoms with van der Waals surface area (Å²) < 4.78 is 121. The molecule has 5 nitrogen and oxygen atoms in total. The lowest BCUT2D eigenvalue weighted by Crippen LogP contribution is -2.57. The summed E-state index contributed by atoms with van der Waals surface area (Å²) in [5.41, 5.74) is -5.49. The van der Waals surface area contributed by atoms with Crippen LogP contribution in [0.25, 0.3) is 0 Å². The number of carbonyl (C=O) groups is 2. The molecule has 2 amide bonds. The van der Waals surface area contributed by atoms with E-state index in [1.54, 1.807) is 0 Å². The molecule has 0 radical (unpaired) electrons. The first-order valence-electron chi connectivity index (χ1n) is 12.6. The van der Waals surface area contributed by atoms with E-state index >= 15 is 0 Å². The number of benzene rings is 3. The van der Waals surface area contributed by atoms with E-state index in [-0.39, 0.29) is 22.8 Å². The summed E-state index contributed by atoms with van der Waals surface area (Å²) in [6.45, 7) is -1.77. The van der Waals surface area contributed by atoms with E-state index in [0.29, 0.717) is 17.7 Å². The highest BCUT2D eigenvalue weighted by molar-refractivity contribution is 6.03. The van der Waals surface area contributed by atoms with Crippen molar-refractivity contribution in [3.63, 3.8) is 0 Å². The number of alkyl halides is 9. The van der Waals surface area contributed by atoms with Gasteiger partial charge in [-0.1, -0.05) is 42.5 Å². The molecule has 0 spiro atoms. The number of hydrogen-bond acceptors (Lipinski definition) is 3. The van der Waals surface area contributed by atoms with Crippen LogP contribution in [0.2, 0.25) is 0 Å². The molecule has 1 aliphatic heterocycles. The van der Waals surface area contributed by atoms with Gasteiger partial charge in [0, 0.05) is 12.1 Å². The van der Waals surface area contributed by atoms with Crippen molar-refractivity contribution < 1.29 is 54.2 Å². The first-order chi connectivity index (χ1) is 19.9. The van der Waals surface area contributed by atoms with Gasteiger partial charge in [0.25, 0.3) is 5.91 Å². The van der Waals surface area contributed by atoms with E-state index in [1.165, 1.54) is 55.5 Å². The van der Waals surface area contributed by atoms with E-state index in [9.17, 15) is 54.2 Å². The Hall–Kier alpha value is -4.07. The van der Waals surface area contributed by atoms with Crippen molar-refractivity contribution >= 4 is 11.8 Å². The second-order valence-corrected chi connectivity index (χ2v) is 10.2. The molecular formula is C29H23F9N2O3. The summed E-state index contributed by atoms with van der Waals surface area (Å²) in [5, 5.41) is 11.3. The average Bonchev–Trinajstić information content (AvgIpc) is 2.93. The maximum absolute atomic E-state index is 13.8. The van der Waals surface area contributed by atoms with Gasteiger partial charge in [0.05, 0.1) is 29.2 Å². The van der Waals surface area contributed by atoms with Gasteiger partial charge < -0.3 is 15.3 Å². The molecular weight excluding hydrogens is 595 g/mol. The lowest BCUT2D eigenvalue weighted by atomic mass is 9.67. The molecule has 2 atom stereocenters. The van der Waals surface area contributed by atoms with Gasteiger partial charge in [-0.25, -0.2) is 0 Å². The number of carbonyl (C=O) groups excluding carboxylic acids is 2. The number of aliphatic hydroxyl groups excluding tert-OH is 1. The molecule has 0 fully saturated rings. The van der Waals surface area contributed by atoms with Crippen LogP contribution in [0.3, 0.4) is 0 Å². The van der Waals surface area contributed by atoms with E-state index in [2.05, 4.69) is 0 Å². The summed E-state index contributed by atoms with van der Waals surface area (Å²) in [5.74, 6) is -2.06. The van der Waals surface area contributed by atoms with Crippen LogP contribution in [-0.2, 0) is 35.7 Å². The molecule has 3 aromatic rings. The molecule has 4 rings (SSSR count). The Kier molecular flexibility index (Phi) is 8.31. The fourth-order valence-corrected chi connectivity index (χ4v) is 5.25. The summed E-state index contributed by atoms with van der Waals surface area (Å²) in [7, 11) is 0. The number of hydrogen-bond donors (Lipinski definition) is 2. The molecule has 1 aliphatic rings. The minimum Gasteiger partial charge on any atom is -0.392 e. The number of fused-ring (bicyclic) bond motifs is 1. The third-order valence-corrected chi connectivity index (χ3v) is 7.24. The summed E-state index contributed by atoms with van der Waals surface area (Å²) in [4.78, 5) is 28.3. The molecule has 0 aliphatic carbocycles. The summed E-state index contributed by atoms with van der Waals surface area (Å²) in [6.07, 6.45) is -15.2. The van der Waals surface area contributed by atoms with Gasteiger partial charge in [0.1, 0.15) is 6.54 Å². The second kappa shape index (κ2) is 11.2. The van der Waals surface area contributed by atoms with E-state index < -0.39 is 78.2 Å². The van der Waals surface area contributed by atoms with Crippen LogP contribution in [0.5, 0.6) is 0 Å². The number of aliphatic hydroxyl groups is 1. The Morgan fingerprint density at radius 1 is 0.860 bits per heavy atom. The Morgan fingerprint density at radius 2 is 1.42 bits per heavy atom. The third kappa shape index (κ3) is 6.48. The first kappa shape index (κ1) is 31.9. The summed E-state index contributed by atoms with van der Waals surface area (Å²) in [6, 6.07) is 10.3. The molecule has 0 saturated carbocycles. The molecule has 0 bridgehead atoms. The molecule has 2 N–H and O–H groups in total. The van der Waals surface area contributed by atoms with Crippen molar-refractivity contribution in [2.45, 2.75) is 50.1 Å². The van der Waals surface area contributed by atoms with Gasteiger partial charge >= 0.3 is 18.5 Å². The van der Waals surface area contributed by atoms with Gasteiger partial charge in [-0.15, -0.1) is 0 Å². The highest BCUT2D eigenvalue weighted by Gasteiger charge is 2.53. The van der Waals surface area contributed by atoms with Crippen LogP contribution < -0.4 is 5.32 Å². The lowest BCUT2D eigenvalue weighted by Gasteiger charge is -2.48. The topological polar surface area (TPSA) is 69.6 Å². The van der Waals surface area contributed by atoms with Gasteiger partial charge in [-0.2, -0.15) is 39.5 Å². The Balaban J connectivity index is 1.95. The molecule has 3 aromatic carbocycles. The fourth-order valence-electron chi connectivity index (χ4n) is 5.25. The highest BCUT2D eigenvalue weighted by Crippen LogP contribution is 2.48. The molecule has 0 saturated heterocycles. The van der Waals surface area contributed by atoms with Crippen molar-refractivity contribution in [1.82, 2.24) is 10.2 Å². The number of amides is 2. The molecule has 0 unspecified atom stereocenters. The van der Waals surface area contributed by atoms with E-state index in [4.69, 9.17) is 0 Å². The average molecular weight is 618 g/mol.